The van der Waals surface area contributed by atoms with Gasteiger partial charge in [0, 0.05) is 32.3 Å². The second kappa shape index (κ2) is 4.98. The van der Waals surface area contributed by atoms with Crippen molar-refractivity contribution in [1.29, 1.82) is 0 Å². The summed E-state index contributed by atoms with van der Waals surface area (Å²) < 4.78 is 28.9. The van der Waals surface area contributed by atoms with Crippen LogP contribution < -0.4 is 0 Å². The molecule has 1 saturated heterocycles. The lowest BCUT2D eigenvalue weighted by atomic mass is 10.1. The third kappa shape index (κ3) is 2.30. The molecule has 3 rings (SSSR count). The van der Waals surface area contributed by atoms with Crippen LogP contribution in [0.25, 0.3) is 0 Å². The summed E-state index contributed by atoms with van der Waals surface area (Å²) >= 11 is 1.27. The van der Waals surface area contributed by atoms with Gasteiger partial charge in [-0.05, 0) is 24.8 Å². The van der Waals surface area contributed by atoms with Crippen LogP contribution in [0.15, 0.2) is 27.9 Å². The van der Waals surface area contributed by atoms with E-state index >= 15 is 0 Å². The van der Waals surface area contributed by atoms with Crippen LogP contribution >= 0.6 is 11.3 Å². The predicted molar refractivity (Wildman–Crippen MR) is 78.4 cm³/mol. The van der Waals surface area contributed by atoms with Gasteiger partial charge in [-0.1, -0.05) is 6.07 Å². The Morgan fingerprint density at radius 1 is 1.45 bits per heavy atom. The second-order valence-corrected chi connectivity index (χ2v) is 8.24. The molecule has 1 aliphatic rings. The normalized spacial score (nSPS) is 20.6. The van der Waals surface area contributed by atoms with Crippen molar-refractivity contribution in [3.8, 4) is 0 Å². The molecular weight excluding hydrogens is 294 g/mol. The summed E-state index contributed by atoms with van der Waals surface area (Å²) in [7, 11) is -1.36. The lowest BCUT2D eigenvalue weighted by Crippen LogP contribution is -2.28. The van der Waals surface area contributed by atoms with Gasteiger partial charge in [-0.2, -0.15) is 4.31 Å². The van der Waals surface area contributed by atoms with Gasteiger partial charge < -0.3 is 4.57 Å². The third-order valence-corrected chi connectivity index (χ3v) is 6.88. The number of hydrogen-bond donors (Lipinski definition) is 0. The number of sulfonamides is 1. The van der Waals surface area contributed by atoms with E-state index in [0.717, 1.165) is 17.9 Å². The average Bonchev–Trinajstić information content (AvgIpc) is 3.08. The van der Waals surface area contributed by atoms with Crippen LogP contribution in [-0.2, 0) is 17.1 Å². The molecule has 2 aromatic heterocycles. The maximum absolute atomic E-state index is 12.5. The van der Waals surface area contributed by atoms with Crippen molar-refractivity contribution < 1.29 is 8.42 Å². The summed E-state index contributed by atoms with van der Waals surface area (Å²) in [5.74, 6) is 1.16. The minimum absolute atomic E-state index is 0.184. The number of aromatic nitrogens is 2. The van der Waals surface area contributed by atoms with E-state index in [1.54, 1.807) is 21.8 Å². The van der Waals surface area contributed by atoms with E-state index in [0.29, 0.717) is 17.3 Å². The first-order valence-electron chi connectivity index (χ1n) is 6.52. The van der Waals surface area contributed by atoms with Gasteiger partial charge in [-0.15, -0.1) is 11.3 Å². The fourth-order valence-corrected chi connectivity index (χ4v) is 5.35. The van der Waals surface area contributed by atoms with Crippen molar-refractivity contribution in [3.05, 3.63) is 35.2 Å². The zero-order valence-electron chi connectivity index (χ0n) is 11.5. The second-order valence-electron chi connectivity index (χ2n) is 5.13. The largest absolute Gasteiger partial charge is 0.337 e. The summed E-state index contributed by atoms with van der Waals surface area (Å²) in [6.45, 7) is 3.04. The van der Waals surface area contributed by atoms with Crippen molar-refractivity contribution in [2.75, 3.05) is 13.1 Å². The van der Waals surface area contributed by atoms with Crippen molar-refractivity contribution >= 4 is 21.4 Å². The van der Waals surface area contributed by atoms with E-state index in [-0.39, 0.29) is 5.92 Å². The molecule has 0 bridgehead atoms. The molecule has 108 valence electrons. The highest BCUT2D eigenvalue weighted by Crippen LogP contribution is 2.31. The maximum atomic E-state index is 12.5. The Morgan fingerprint density at radius 2 is 2.25 bits per heavy atom. The molecule has 1 atom stereocenters. The summed E-state index contributed by atoms with van der Waals surface area (Å²) in [4.78, 5) is 4.52. The first kappa shape index (κ1) is 13.8. The topological polar surface area (TPSA) is 55.2 Å². The highest BCUT2D eigenvalue weighted by molar-refractivity contribution is 7.91. The monoisotopic (exact) mass is 311 g/mol. The summed E-state index contributed by atoms with van der Waals surface area (Å²) in [5, 5.41) is 1.79. The third-order valence-electron chi connectivity index (χ3n) is 3.64. The minimum Gasteiger partial charge on any atom is -0.337 e. The zero-order valence-corrected chi connectivity index (χ0v) is 13.1. The van der Waals surface area contributed by atoms with Crippen LogP contribution in [0.5, 0.6) is 0 Å². The van der Waals surface area contributed by atoms with Gasteiger partial charge in [0.25, 0.3) is 10.0 Å². The van der Waals surface area contributed by atoms with Crippen LogP contribution in [0.2, 0.25) is 0 Å². The Morgan fingerprint density at radius 3 is 2.85 bits per heavy atom. The Kier molecular flexibility index (Phi) is 3.43. The summed E-state index contributed by atoms with van der Waals surface area (Å²) in [6, 6.07) is 3.44. The number of nitrogens with zero attached hydrogens (tertiary/aromatic N) is 3. The minimum atomic E-state index is -3.33. The molecule has 0 spiro atoms. The molecule has 0 aromatic carbocycles. The van der Waals surface area contributed by atoms with Crippen LogP contribution in [-0.4, -0.2) is 35.4 Å². The average molecular weight is 311 g/mol. The molecule has 0 saturated carbocycles. The molecule has 5 nitrogen and oxygen atoms in total. The predicted octanol–water partition coefficient (Wildman–Crippen LogP) is 1.97. The summed E-state index contributed by atoms with van der Waals surface area (Å²) in [5.41, 5.74) is 0.974. The van der Waals surface area contributed by atoms with E-state index in [9.17, 15) is 8.42 Å². The first-order valence-corrected chi connectivity index (χ1v) is 8.84. The molecule has 0 amide bonds. The van der Waals surface area contributed by atoms with Crippen molar-refractivity contribution in [1.82, 2.24) is 13.9 Å². The first-order chi connectivity index (χ1) is 9.48. The lowest BCUT2D eigenvalue weighted by molar-refractivity contribution is 0.471. The van der Waals surface area contributed by atoms with Gasteiger partial charge >= 0.3 is 0 Å². The molecule has 1 aliphatic heterocycles. The molecule has 0 aliphatic carbocycles. The number of thiophene rings is 1. The van der Waals surface area contributed by atoms with E-state index < -0.39 is 10.0 Å². The molecule has 7 heteroatoms. The molecule has 20 heavy (non-hydrogen) atoms. The van der Waals surface area contributed by atoms with E-state index in [1.165, 1.54) is 11.3 Å². The SMILES string of the molecule is Cc1cn(C)c([C@@H]2CCN(S(=O)(=O)c3cccs3)C2)n1. The molecule has 3 heterocycles. The highest BCUT2D eigenvalue weighted by Gasteiger charge is 2.35. The molecular formula is C13H17N3O2S2. The van der Waals surface area contributed by atoms with Crippen LogP contribution in [0.3, 0.4) is 0 Å². The maximum Gasteiger partial charge on any atom is 0.252 e. The van der Waals surface area contributed by atoms with Gasteiger partial charge in [0.1, 0.15) is 10.0 Å². The van der Waals surface area contributed by atoms with Crippen LogP contribution in [0, 0.1) is 6.92 Å². The van der Waals surface area contributed by atoms with Crippen molar-refractivity contribution in [2.45, 2.75) is 23.5 Å². The van der Waals surface area contributed by atoms with E-state index in [4.69, 9.17) is 0 Å². The standard InChI is InChI=1S/C13H17N3O2S2/c1-10-8-15(2)13(14-10)11-5-6-16(9-11)20(17,18)12-4-3-7-19-12/h3-4,7-8,11H,5-6,9H2,1-2H3/t11-/m1/s1. The van der Waals surface area contributed by atoms with Gasteiger partial charge in [-0.3, -0.25) is 0 Å². The number of rotatable bonds is 3. The fourth-order valence-electron chi connectivity index (χ4n) is 2.71. The van der Waals surface area contributed by atoms with Crippen molar-refractivity contribution in [2.24, 2.45) is 7.05 Å². The number of hydrogen-bond acceptors (Lipinski definition) is 4. The van der Waals surface area contributed by atoms with Gasteiger partial charge in [-0.25, -0.2) is 13.4 Å². The zero-order chi connectivity index (χ0) is 14.3. The Labute approximate surface area is 122 Å². The molecule has 0 radical (unpaired) electrons. The fraction of sp³-hybridized carbons (Fsp3) is 0.462. The molecule has 0 unspecified atom stereocenters. The van der Waals surface area contributed by atoms with E-state index in [2.05, 4.69) is 4.98 Å². The van der Waals surface area contributed by atoms with Crippen molar-refractivity contribution in [3.63, 3.8) is 0 Å². The summed E-state index contributed by atoms with van der Waals surface area (Å²) in [6.07, 6.45) is 2.81. The Bertz CT molecular complexity index is 704. The number of aryl methyl sites for hydroxylation is 2. The molecule has 1 fully saturated rings. The van der Waals surface area contributed by atoms with Gasteiger partial charge in [0.15, 0.2) is 0 Å². The molecule has 0 N–H and O–H groups in total. The highest BCUT2D eigenvalue weighted by atomic mass is 32.2. The lowest BCUT2D eigenvalue weighted by Gasteiger charge is -2.15. The van der Waals surface area contributed by atoms with Gasteiger partial charge in [0.2, 0.25) is 0 Å². The number of imidazole rings is 1. The smallest absolute Gasteiger partial charge is 0.252 e. The van der Waals surface area contributed by atoms with E-state index in [1.807, 2.05) is 24.7 Å². The van der Waals surface area contributed by atoms with Gasteiger partial charge in [0.05, 0.1) is 5.69 Å². The Hall–Kier alpha value is -1.18. The van der Waals surface area contributed by atoms with Crippen LogP contribution in [0.1, 0.15) is 23.9 Å². The molecule has 2 aromatic rings. The van der Waals surface area contributed by atoms with Crippen LogP contribution in [0.4, 0.5) is 0 Å². The quantitative estimate of drug-likeness (QED) is 0.871. The Balaban J connectivity index is 1.82.